The number of hydrogen-bond acceptors (Lipinski definition) is 5. The molecule has 2 rings (SSSR count). The Bertz CT molecular complexity index is 486. The molecule has 1 N–H and O–H groups in total. The van der Waals surface area contributed by atoms with Gasteiger partial charge in [0, 0.05) is 19.2 Å². The first-order valence-corrected chi connectivity index (χ1v) is 5.43. The zero-order valence-corrected chi connectivity index (χ0v) is 9.48. The number of aromatic nitrogens is 3. The molecule has 0 radical (unpaired) electrons. The van der Waals surface area contributed by atoms with E-state index in [1.807, 2.05) is 6.92 Å². The van der Waals surface area contributed by atoms with E-state index in [-0.39, 0.29) is 0 Å². The van der Waals surface area contributed by atoms with Crippen LogP contribution >= 0.6 is 0 Å². The monoisotopic (exact) mass is 236 g/mol. The molecular formula is C11H13FN4O. The van der Waals surface area contributed by atoms with Gasteiger partial charge in [0.15, 0.2) is 0 Å². The minimum absolute atomic E-state index is 0.295. The Morgan fingerprint density at radius 1 is 1.35 bits per heavy atom. The smallest absolute Gasteiger partial charge is 0.249 e. The van der Waals surface area contributed by atoms with Crippen LogP contribution in [0.1, 0.15) is 12.8 Å². The molecule has 0 atom stereocenters. The summed E-state index contributed by atoms with van der Waals surface area (Å²) in [6.07, 6.45) is 3.28. The average Bonchev–Trinajstić information content (AvgIpc) is 2.78. The van der Waals surface area contributed by atoms with Gasteiger partial charge >= 0.3 is 0 Å². The lowest BCUT2D eigenvalue weighted by Gasteiger charge is -1.96. The zero-order valence-electron chi connectivity index (χ0n) is 9.48. The average molecular weight is 236 g/mol. The van der Waals surface area contributed by atoms with Crippen LogP contribution in [0.3, 0.4) is 0 Å². The Balaban J connectivity index is 2.07. The van der Waals surface area contributed by atoms with Crippen molar-refractivity contribution in [3.05, 3.63) is 30.2 Å². The van der Waals surface area contributed by atoms with Gasteiger partial charge in [0.2, 0.25) is 11.8 Å². The summed E-state index contributed by atoms with van der Waals surface area (Å²) in [7, 11) is 0. The number of halogens is 1. The molecule has 0 aliphatic heterocycles. The van der Waals surface area contributed by atoms with Gasteiger partial charge in [-0.05, 0) is 12.6 Å². The molecule has 17 heavy (non-hydrogen) atoms. The quantitative estimate of drug-likeness (QED) is 0.795. The summed E-state index contributed by atoms with van der Waals surface area (Å²) in [6, 6.07) is 1.31. The van der Waals surface area contributed by atoms with Gasteiger partial charge in [-0.15, -0.1) is 10.2 Å². The summed E-state index contributed by atoms with van der Waals surface area (Å²) in [5.41, 5.74) is 0.493. The summed E-state index contributed by atoms with van der Waals surface area (Å²) in [5, 5.41) is 10.9. The standard InChI is InChI=1S/C11H13FN4O/c1-2-13-4-3-10-15-16-11(17-10)8-5-9(12)7-14-6-8/h5-7,13H,2-4H2,1H3. The van der Waals surface area contributed by atoms with Gasteiger partial charge in [-0.2, -0.15) is 0 Å². The lowest BCUT2D eigenvalue weighted by molar-refractivity contribution is 0.496. The van der Waals surface area contributed by atoms with E-state index >= 15 is 0 Å². The molecule has 5 nitrogen and oxygen atoms in total. The third-order valence-electron chi connectivity index (χ3n) is 2.18. The fourth-order valence-corrected chi connectivity index (χ4v) is 1.37. The Hall–Kier alpha value is -1.82. The van der Waals surface area contributed by atoms with Crippen molar-refractivity contribution in [2.75, 3.05) is 13.1 Å². The molecule has 0 aliphatic rings. The SMILES string of the molecule is CCNCCc1nnc(-c2cncc(F)c2)o1. The van der Waals surface area contributed by atoms with Gasteiger partial charge in [0.25, 0.3) is 0 Å². The Labute approximate surface area is 98.1 Å². The van der Waals surface area contributed by atoms with Crippen molar-refractivity contribution >= 4 is 0 Å². The lowest BCUT2D eigenvalue weighted by Crippen LogP contribution is -2.16. The number of nitrogens with one attached hydrogen (secondary N) is 1. The summed E-state index contributed by atoms with van der Waals surface area (Å²) >= 11 is 0. The van der Waals surface area contributed by atoms with Crippen LogP contribution in [-0.4, -0.2) is 28.3 Å². The molecule has 6 heteroatoms. The summed E-state index contributed by atoms with van der Waals surface area (Å²) in [5.74, 6) is 0.406. The van der Waals surface area contributed by atoms with Crippen LogP contribution in [0.4, 0.5) is 4.39 Å². The predicted molar refractivity (Wildman–Crippen MR) is 59.7 cm³/mol. The number of likely N-dealkylation sites (N-methyl/N-ethyl adjacent to an activating group) is 1. The van der Waals surface area contributed by atoms with E-state index < -0.39 is 5.82 Å². The van der Waals surface area contributed by atoms with Gasteiger partial charge < -0.3 is 9.73 Å². The van der Waals surface area contributed by atoms with Crippen molar-refractivity contribution < 1.29 is 8.81 Å². The number of hydrogen-bond donors (Lipinski definition) is 1. The van der Waals surface area contributed by atoms with Crippen LogP contribution in [0.15, 0.2) is 22.9 Å². The molecular weight excluding hydrogens is 223 g/mol. The number of pyridine rings is 1. The maximum atomic E-state index is 12.9. The van der Waals surface area contributed by atoms with Crippen molar-refractivity contribution in [2.24, 2.45) is 0 Å². The maximum absolute atomic E-state index is 12.9. The molecule has 0 spiro atoms. The van der Waals surface area contributed by atoms with Gasteiger partial charge in [-0.25, -0.2) is 4.39 Å². The fourth-order valence-electron chi connectivity index (χ4n) is 1.37. The molecule has 0 fully saturated rings. The molecule has 0 aromatic carbocycles. The largest absolute Gasteiger partial charge is 0.421 e. The van der Waals surface area contributed by atoms with E-state index in [0.717, 1.165) is 19.3 Å². The van der Waals surface area contributed by atoms with E-state index in [1.165, 1.54) is 12.3 Å². The number of rotatable bonds is 5. The molecule has 2 aromatic rings. The fraction of sp³-hybridized carbons (Fsp3) is 0.364. The predicted octanol–water partition coefficient (Wildman–Crippen LogP) is 1.42. The van der Waals surface area contributed by atoms with E-state index in [2.05, 4.69) is 20.5 Å². The highest BCUT2D eigenvalue weighted by Crippen LogP contribution is 2.17. The van der Waals surface area contributed by atoms with Gasteiger partial charge in [0.1, 0.15) is 5.82 Å². The van der Waals surface area contributed by atoms with Crippen LogP contribution in [0.25, 0.3) is 11.5 Å². The highest BCUT2D eigenvalue weighted by Gasteiger charge is 2.09. The first kappa shape index (κ1) is 11.7. The molecule has 2 aromatic heterocycles. The molecule has 90 valence electrons. The van der Waals surface area contributed by atoms with Crippen LogP contribution in [0.2, 0.25) is 0 Å². The van der Waals surface area contributed by atoms with Crippen LogP contribution in [0.5, 0.6) is 0 Å². The number of nitrogens with zero attached hydrogens (tertiary/aromatic N) is 3. The molecule has 0 amide bonds. The summed E-state index contributed by atoms with van der Waals surface area (Å²) in [4.78, 5) is 3.73. The van der Waals surface area contributed by atoms with Crippen molar-refractivity contribution in [3.63, 3.8) is 0 Å². The van der Waals surface area contributed by atoms with Crippen LogP contribution in [-0.2, 0) is 6.42 Å². The Morgan fingerprint density at radius 3 is 3.00 bits per heavy atom. The highest BCUT2D eigenvalue weighted by molar-refractivity contribution is 5.50. The van der Waals surface area contributed by atoms with E-state index in [1.54, 1.807) is 0 Å². The minimum Gasteiger partial charge on any atom is -0.421 e. The minimum atomic E-state index is -0.421. The molecule has 2 heterocycles. The van der Waals surface area contributed by atoms with Crippen molar-refractivity contribution in [1.29, 1.82) is 0 Å². The van der Waals surface area contributed by atoms with E-state index in [9.17, 15) is 4.39 Å². The second-order valence-electron chi connectivity index (χ2n) is 3.50. The highest BCUT2D eigenvalue weighted by atomic mass is 19.1. The van der Waals surface area contributed by atoms with Crippen molar-refractivity contribution in [3.8, 4) is 11.5 Å². The van der Waals surface area contributed by atoms with Gasteiger partial charge in [-0.1, -0.05) is 6.92 Å². The topological polar surface area (TPSA) is 63.8 Å². The van der Waals surface area contributed by atoms with Crippen molar-refractivity contribution in [2.45, 2.75) is 13.3 Å². The molecule has 0 saturated heterocycles. The zero-order chi connectivity index (χ0) is 12.1. The Morgan fingerprint density at radius 2 is 2.24 bits per heavy atom. The molecule has 0 unspecified atom stereocenters. The third kappa shape index (κ3) is 3.07. The van der Waals surface area contributed by atoms with Gasteiger partial charge in [-0.3, -0.25) is 4.98 Å². The maximum Gasteiger partial charge on any atom is 0.249 e. The summed E-state index contributed by atoms with van der Waals surface area (Å²) < 4.78 is 18.3. The van der Waals surface area contributed by atoms with E-state index in [0.29, 0.717) is 23.8 Å². The normalized spacial score (nSPS) is 10.7. The van der Waals surface area contributed by atoms with E-state index in [4.69, 9.17) is 4.42 Å². The lowest BCUT2D eigenvalue weighted by atomic mass is 10.3. The molecule has 0 bridgehead atoms. The summed E-state index contributed by atoms with van der Waals surface area (Å²) in [6.45, 7) is 3.70. The van der Waals surface area contributed by atoms with Gasteiger partial charge in [0.05, 0.1) is 11.8 Å². The van der Waals surface area contributed by atoms with Crippen LogP contribution < -0.4 is 5.32 Å². The Kier molecular flexibility index (Phi) is 3.77. The second-order valence-corrected chi connectivity index (χ2v) is 3.50. The third-order valence-corrected chi connectivity index (χ3v) is 2.18. The first-order valence-electron chi connectivity index (χ1n) is 5.43. The van der Waals surface area contributed by atoms with Crippen LogP contribution in [0, 0.1) is 5.82 Å². The first-order chi connectivity index (χ1) is 8.29. The molecule has 0 saturated carbocycles. The van der Waals surface area contributed by atoms with Crippen molar-refractivity contribution in [1.82, 2.24) is 20.5 Å². The molecule has 0 aliphatic carbocycles. The second kappa shape index (κ2) is 5.49.